The third-order valence-corrected chi connectivity index (χ3v) is 7.05. The summed E-state index contributed by atoms with van der Waals surface area (Å²) in [5.74, 6) is -0.655. The summed E-state index contributed by atoms with van der Waals surface area (Å²) in [6.07, 6.45) is 0.921. The number of benzene rings is 3. The summed E-state index contributed by atoms with van der Waals surface area (Å²) in [6.45, 7) is 5.13. The van der Waals surface area contributed by atoms with Gasteiger partial charge < -0.3 is 15.3 Å². The van der Waals surface area contributed by atoms with Crippen molar-refractivity contribution >= 4 is 45.6 Å². The van der Waals surface area contributed by atoms with E-state index in [-0.39, 0.29) is 18.9 Å². The summed E-state index contributed by atoms with van der Waals surface area (Å²) in [4.78, 5) is 30.2. The van der Waals surface area contributed by atoms with Gasteiger partial charge in [0.25, 0.3) is 5.91 Å². The minimum Gasteiger partial charge on any atom is -0.481 e. The Morgan fingerprint density at radius 1 is 0.974 bits per heavy atom. The normalized spacial score (nSPS) is 10.9. The van der Waals surface area contributed by atoms with Crippen molar-refractivity contribution in [3.05, 3.63) is 99.9 Å². The third-order valence-electron chi connectivity index (χ3n) is 5.94. The molecule has 0 aliphatic rings. The van der Waals surface area contributed by atoms with E-state index in [0.29, 0.717) is 23.0 Å². The van der Waals surface area contributed by atoms with Gasteiger partial charge in [-0.05, 0) is 59.9 Å². The van der Waals surface area contributed by atoms with Crippen molar-refractivity contribution in [2.24, 2.45) is 5.92 Å². The summed E-state index contributed by atoms with van der Waals surface area (Å²) in [6, 6.07) is 23.6. The zero-order valence-corrected chi connectivity index (χ0v) is 22.9. The predicted molar refractivity (Wildman–Crippen MR) is 154 cm³/mol. The molecular weight excluding hydrogens is 518 g/mol. The second-order valence-corrected chi connectivity index (χ2v) is 10.7. The van der Waals surface area contributed by atoms with Crippen molar-refractivity contribution < 1.29 is 14.7 Å². The number of carboxylic acid groups (broad SMARTS) is 1. The summed E-state index contributed by atoms with van der Waals surface area (Å²) < 4.78 is 0. The average molecular weight is 548 g/mol. The zero-order valence-electron chi connectivity index (χ0n) is 21.4. The van der Waals surface area contributed by atoms with Crippen LogP contribution in [0, 0.1) is 5.92 Å². The number of hydrogen-bond acceptors (Lipinski definition) is 5. The van der Waals surface area contributed by atoms with Crippen LogP contribution in [-0.2, 0) is 17.8 Å². The van der Waals surface area contributed by atoms with E-state index in [1.807, 2.05) is 41.8 Å². The first-order valence-electron chi connectivity index (χ1n) is 12.5. The Balaban J connectivity index is 1.59. The number of aromatic nitrogens is 1. The number of thiazole rings is 1. The maximum Gasteiger partial charge on any atom is 0.305 e. The van der Waals surface area contributed by atoms with Crippen LogP contribution < -0.4 is 10.2 Å². The fourth-order valence-electron chi connectivity index (χ4n) is 4.02. The molecule has 0 saturated carbocycles. The van der Waals surface area contributed by atoms with Gasteiger partial charge in [-0.1, -0.05) is 61.8 Å². The van der Waals surface area contributed by atoms with Gasteiger partial charge in [-0.3, -0.25) is 9.59 Å². The van der Waals surface area contributed by atoms with E-state index in [2.05, 4.69) is 48.3 Å². The SMILES string of the molecule is CC(C)Cc1ccc(CN(c2ccc(C(=O)NCCC(=O)O)cc2)c2nc(-c3ccc(Cl)cc3)cs2)cc1. The summed E-state index contributed by atoms with van der Waals surface area (Å²) >= 11 is 7.61. The molecule has 1 aromatic heterocycles. The lowest BCUT2D eigenvalue weighted by Crippen LogP contribution is -2.26. The Labute approximate surface area is 231 Å². The molecule has 1 amide bonds. The number of carboxylic acids is 1. The van der Waals surface area contributed by atoms with Gasteiger partial charge in [0.05, 0.1) is 18.7 Å². The number of hydrogen-bond donors (Lipinski definition) is 2. The molecule has 0 unspecified atom stereocenters. The summed E-state index contributed by atoms with van der Waals surface area (Å²) in [5.41, 5.74) is 5.69. The molecule has 4 rings (SSSR count). The molecular formula is C30H30ClN3O3S. The monoisotopic (exact) mass is 547 g/mol. The molecule has 0 saturated heterocycles. The molecule has 3 aromatic carbocycles. The number of amides is 1. The molecule has 4 aromatic rings. The molecule has 0 fully saturated rings. The number of rotatable bonds is 11. The highest BCUT2D eigenvalue weighted by molar-refractivity contribution is 7.14. The molecule has 1 heterocycles. The smallest absolute Gasteiger partial charge is 0.305 e. The molecule has 38 heavy (non-hydrogen) atoms. The van der Waals surface area contributed by atoms with Crippen LogP contribution in [0.5, 0.6) is 0 Å². The van der Waals surface area contributed by atoms with E-state index >= 15 is 0 Å². The largest absolute Gasteiger partial charge is 0.481 e. The maximum absolute atomic E-state index is 12.4. The van der Waals surface area contributed by atoms with Crippen LogP contribution in [0.1, 0.15) is 41.8 Å². The van der Waals surface area contributed by atoms with Gasteiger partial charge in [-0.2, -0.15) is 0 Å². The number of aliphatic carboxylic acids is 1. The standard InChI is InChI=1S/C30H30ClN3O3S/c1-20(2)17-21-3-5-22(6-4-21)18-34(30-33-27(19-38-30)23-7-11-25(31)12-8-23)26-13-9-24(10-14-26)29(37)32-16-15-28(35)36/h3-14,19-20H,15-18H2,1-2H3,(H,32,37)(H,35,36). The van der Waals surface area contributed by atoms with Crippen LogP contribution in [0.4, 0.5) is 10.8 Å². The fourth-order valence-corrected chi connectivity index (χ4v) is 5.00. The molecule has 0 aliphatic carbocycles. The van der Waals surface area contributed by atoms with Gasteiger partial charge in [0.2, 0.25) is 0 Å². The number of anilines is 2. The van der Waals surface area contributed by atoms with Crippen molar-refractivity contribution in [2.75, 3.05) is 11.4 Å². The Morgan fingerprint density at radius 2 is 1.63 bits per heavy atom. The Morgan fingerprint density at radius 3 is 2.26 bits per heavy atom. The van der Waals surface area contributed by atoms with E-state index in [4.69, 9.17) is 21.7 Å². The molecule has 0 bridgehead atoms. The number of halogens is 1. The summed E-state index contributed by atoms with van der Waals surface area (Å²) in [5, 5.41) is 15.0. The zero-order chi connectivity index (χ0) is 27.1. The highest BCUT2D eigenvalue weighted by Crippen LogP contribution is 2.34. The van der Waals surface area contributed by atoms with Crippen LogP contribution in [-0.4, -0.2) is 28.5 Å². The fraction of sp³-hybridized carbons (Fsp3) is 0.233. The highest BCUT2D eigenvalue weighted by atomic mass is 35.5. The molecule has 6 nitrogen and oxygen atoms in total. The molecule has 196 valence electrons. The number of nitrogens with zero attached hydrogens (tertiary/aromatic N) is 2. The van der Waals surface area contributed by atoms with Crippen molar-refractivity contribution in [1.29, 1.82) is 0 Å². The molecule has 0 atom stereocenters. The number of carbonyl (C=O) groups is 2. The molecule has 0 radical (unpaired) electrons. The minimum absolute atomic E-state index is 0.0848. The van der Waals surface area contributed by atoms with E-state index in [1.165, 1.54) is 5.56 Å². The Hall–Kier alpha value is -3.68. The van der Waals surface area contributed by atoms with Crippen LogP contribution in [0.3, 0.4) is 0 Å². The average Bonchev–Trinajstić information content (AvgIpc) is 3.38. The van der Waals surface area contributed by atoms with Gasteiger partial charge in [0.1, 0.15) is 0 Å². The number of nitrogens with one attached hydrogen (secondary N) is 1. The number of carbonyl (C=O) groups excluding carboxylic acids is 1. The molecule has 0 spiro atoms. The first-order valence-corrected chi connectivity index (χ1v) is 13.7. The highest BCUT2D eigenvalue weighted by Gasteiger charge is 2.17. The van der Waals surface area contributed by atoms with E-state index in [0.717, 1.165) is 34.1 Å². The topological polar surface area (TPSA) is 82.5 Å². The molecule has 0 aliphatic heterocycles. The maximum atomic E-state index is 12.4. The quantitative estimate of drug-likeness (QED) is 0.207. The van der Waals surface area contributed by atoms with Crippen molar-refractivity contribution in [1.82, 2.24) is 10.3 Å². The van der Waals surface area contributed by atoms with Crippen LogP contribution >= 0.6 is 22.9 Å². The lowest BCUT2D eigenvalue weighted by molar-refractivity contribution is -0.136. The molecule has 2 N–H and O–H groups in total. The second-order valence-electron chi connectivity index (χ2n) is 9.47. The van der Waals surface area contributed by atoms with Crippen LogP contribution in [0.15, 0.2) is 78.2 Å². The van der Waals surface area contributed by atoms with Crippen molar-refractivity contribution in [2.45, 2.75) is 33.2 Å². The molecule has 8 heteroatoms. The van der Waals surface area contributed by atoms with Crippen molar-refractivity contribution in [3.63, 3.8) is 0 Å². The van der Waals surface area contributed by atoms with E-state index in [9.17, 15) is 9.59 Å². The van der Waals surface area contributed by atoms with Gasteiger partial charge in [-0.25, -0.2) is 4.98 Å². The lowest BCUT2D eigenvalue weighted by Gasteiger charge is -2.23. The first kappa shape index (κ1) is 27.4. The van der Waals surface area contributed by atoms with Gasteiger partial charge in [0.15, 0.2) is 5.13 Å². The van der Waals surface area contributed by atoms with Crippen molar-refractivity contribution in [3.8, 4) is 11.3 Å². The Bertz CT molecular complexity index is 1370. The second kappa shape index (κ2) is 12.7. The van der Waals surface area contributed by atoms with E-state index in [1.54, 1.807) is 23.5 Å². The lowest BCUT2D eigenvalue weighted by atomic mass is 10.0. The predicted octanol–water partition coefficient (Wildman–Crippen LogP) is 7.20. The summed E-state index contributed by atoms with van der Waals surface area (Å²) in [7, 11) is 0. The van der Waals surface area contributed by atoms with Gasteiger partial charge in [-0.15, -0.1) is 11.3 Å². The Kier molecular flexibility index (Phi) is 9.15. The first-order chi connectivity index (χ1) is 18.3. The van der Waals surface area contributed by atoms with Crippen LogP contribution in [0.2, 0.25) is 5.02 Å². The third kappa shape index (κ3) is 7.43. The minimum atomic E-state index is -0.949. The van der Waals surface area contributed by atoms with Gasteiger partial charge in [0, 0.05) is 33.8 Å². The van der Waals surface area contributed by atoms with Crippen LogP contribution in [0.25, 0.3) is 11.3 Å². The van der Waals surface area contributed by atoms with Gasteiger partial charge >= 0.3 is 5.97 Å². The van der Waals surface area contributed by atoms with E-state index < -0.39 is 5.97 Å².